The molecular formula is C95H97BCl4F6N20O15. The molecule has 6 aliphatic heterocycles. The second-order valence-corrected chi connectivity index (χ2v) is 37.7. The average molecular weight is 2030 g/mol. The van der Waals surface area contributed by atoms with Crippen LogP contribution < -0.4 is 51.4 Å². The molecule has 141 heavy (non-hydrogen) atoms. The molecule has 0 spiro atoms. The molecule has 3 saturated heterocycles. The van der Waals surface area contributed by atoms with Gasteiger partial charge in [-0.25, -0.2) is 118 Å². The quantitative estimate of drug-likeness (QED) is 0.0231. The predicted octanol–water partition coefficient (Wildman–Crippen LogP) is 15.0. The fraction of sp³-hybridized carbons (Fsp3) is 0.379. The SMILES string of the molecule is C=CC(=O)OC(=O)C=C.Cc1ncnc(C(C)C)c1-n1c(=O)nc2c3c(c(Cl)c(-c4cccc(F)c4F)nc31)OC[C@H]1CCCCN21.Cc1ncnc(C(C)C)c1-n1c(=O)nc2c3c(c(Cl)c(-c4cccc(F)c4F)nc31)OC[C@H]1CN(C(=O)OC(C)(C)C)CCN21.Cc1ncnc(C(C)C)c1-n1c(=O)nc2c3c(c(Cl)c(Cl)nc31)OC[C@H]1CN(C(=O)OC(C)(C)C)CCN21.OB(O)c1cccc(F)c1F. The van der Waals surface area contributed by atoms with Gasteiger partial charge in [0, 0.05) is 74.6 Å². The second-order valence-electron chi connectivity index (χ2n) is 36.2. The molecule has 3 aromatic carbocycles. The molecule has 18 rings (SSSR count). The third-order valence-corrected chi connectivity index (χ3v) is 24.7. The molecule has 12 aromatic rings. The Morgan fingerprint density at radius 1 is 0.468 bits per heavy atom. The Morgan fingerprint density at radius 3 is 1.17 bits per heavy atom. The van der Waals surface area contributed by atoms with E-state index in [4.69, 9.17) is 90.1 Å². The number of aryl methyl sites for hydroxylation is 3. The molecule has 0 aliphatic carbocycles. The van der Waals surface area contributed by atoms with Crippen LogP contribution in [0, 0.1) is 55.7 Å². The molecule has 0 unspecified atom stereocenters. The van der Waals surface area contributed by atoms with E-state index in [0.717, 1.165) is 55.7 Å². The lowest BCUT2D eigenvalue weighted by atomic mass is 9.80. The first-order chi connectivity index (χ1) is 66.7. The molecule has 9 aromatic heterocycles. The molecule has 46 heteroatoms. The number of hydrogen-bond donors (Lipinski definition) is 2. The number of anilines is 3. The van der Waals surface area contributed by atoms with Crippen molar-refractivity contribution in [2.24, 2.45) is 0 Å². The number of carbonyl (C=O) groups is 4. The fourth-order valence-corrected chi connectivity index (χ4v) is 17.8. The van der Waals surface area contributed by atoms with Gasteiger partial charge in [-0.2, -0.15) is 15.0 Å². The first-order valence-electron chi connectivity index (χ1n) is 44.7. The van der Waals surface area contributed by atoms with E-state index in [1.165, 1.54) is 63.0 Å². The Morgan fingerprint density at radius 2 is 0.816 bits per heavy atom. The summed E-state index contributed by atoms with van der Waals surface area (Å²) in [5, 5.41) is 18.2. The van der Waals surface area contributed by atoms with E-state index < -0.39 is 106 Å². The van der Waals surface area contributed by atoms with Crippen molar-refractivity contribution in [3.05, 3.63) is 220 Å². The molecule has 6 aliphatic rings. The van der Waals surface area contributed by atoms with Gasteiger partial charge in [0.2, 0.25) is 0 Å². The van der Waals surface area contributed by atoms with Crippen molar-refractivity contribution in [3.8, 4) is 56.8 Å². The second kappa shape index (κ2) is 42.1. The number of ether oxygens (including phenoxy) is 6. The van der Waals surface area contributed by atoms with Gasteiger partial charge in [0.05, 0.1) is 80.7 Å². The van der Waals surface area contributed by atoms with E-state index >= 15 is 8.78 Å². The zero-order valence-corrected chi connectivity index (χ0v) is 82.2. The number of carbonyl (C=O) groups excluding carboxylic acids is 4. The number of nitrogens with zero attached hydrogens (tertiary/aromatic N) is 20. The van der Waals surface area contributed by atoms with Crippen LogP contribution >= 0.6 is 46.4 Å². The molecule has 3 fully saturated rings. The van der Waals surface area contributed by atoms with Gasteiger partial charge >= 0.3 is 48.3 Å². The summed E-state index contributed by atoms with van der Waals surface area (Å²) in [5.41, 5.74) is 1.23. The smallest absolute Gasteiger partial charge is 0.489 e. The number of benzene rings is 3. The van der Waals surface area contributed by atoms with Crippen molar-refractivity contribution < 1.29 is 84.0 Å². The van der Waals surface area contributed by atoms with Crippen molar-refractivity contribution in [2.75, 3.05) is 80.3 Å². The number of halogens is 10. The van der Waals surface area contributed by atoms with Crippen LogP contribution in [0.3, 0.4) is 0 Å². The van der Waals surface area contributed by atoms with Gasteiger partial charge in [-0.1, -0.05) is 125 Å². The van der Waals surface area contributed by atoms with E-state index in [0.29, 0.717) is 125 Å². The predicted molar refractivity (Wildman–Crippen MR) is 516 cm³/mol. The number of aromatic nitrogens is 15. The normalized spacial score (nSPS) is 15.7. The maximum Gasteiger partial charge on any atom is 0.491 e. The van der Waals surface area contributed by atoms with Gasteiger partial charge in [0.15, 0.2) is 74.2 Å². The minimum Gasteiger partial charge on any atom is -0.489 e. The zero-order chi connectivity index (χ0) is 102. The molecule has 0 saturated carbocycles. The van der Waals surface area contributed by atoms with Crippen LogP contribution in [-0.2, 0) is 23.8 Å². The number of hydrogen-bond acceptors (Lipinski definition) is 30. The molecule has 740 valence electrons. The van der Waals surface area contributed by atoms with E-state index in [9.17, 15) is 51.1 Å². The van der Waals surface area contributed by atoms with Crippen molar-refractivity contribution in [1.82, 2.24) is 83.3 Å². The third kappa shape index (κ3) is 21.1. The number of pyridine rings is 3. The molecule has 3 atom stereocenters. The Hall–Kier alpha value is -13.5. The van der Waals surface area contributed by atoms with Crippen molar-refractivity contribution in [3.63, 3.8) is 0 Å². The summed E-state index contributed by atoms with van der Waals surface area (Å²) in [6.07, 6.45) is 8.08. The first kappa shape index (κ1) is 103. The van der Waals surface area contributed by atoms with Crippen LogP contribution in [0.4, 0.5) is 53.4 Å². The summed E-state index contributed by atoms with van der Waals surface area (Å²) in [5.74, 6) is -6.67. The van der Waals surface area contributed by atoms with Crippen LogP contribution in [0.5, 0.6) is 17.2 Å². The third-order valence-electron chi connectivity index (χ3n) is 23.3. The van der Waals surface area contributed by atoms with Gasteiger partial charge < -0.3 is 63.0 Å². The molecular weight excluding hydrogens is 1930 g/mol. The highest BCUT2D eigenvalue weighted by molar-refractivity contribution is 6.58. The molecule has 35 nitrogen and oxygen atoms in total. The molecule has 2 N–H and O–H groups in total. The number of piperidine rings is 1. The summed E-state index contributed by atoms with van der Waals surface area (Å²) < 4.78 is 122. The van der Waals surface area contributed by atoms with E-state index in [-0.39, 0.29) is 132 Å². The van der Waals surface area contributed by atoms with Crippen LogP contribution in [0.1, 0.15) is 154 Å². The van der Waals surface area contributed by atoms with Gasteiger partial charge in [-0.05, 0) is 130 Å². The van der Waals surface area contributed by atoms with Gasteiger partial charge in [0.1, 0.15) is 98.7 Å². The molecule has 2 amide bonds. The highest BCUT2D eigenvalue weighted by Crippen LogP contribution is 2.50. The number of fused-ring (bicyclic) bond motifs is 6. The minimum absolute atomic E-state index is 0.00433. The maximum absolute atomic E-state index is 15.2. The summed E-state index contributed by atoms with van der Waals surface area (Å²) >= 11 is 26.8. The summed E-state index contributed by atoms with van der Waals surface area (Å²) in [4.78, 5) is 151. The highest BCUT2D eigenvalue weighted by Gasteiger charge is 2.44. The van der Waals surface area contributed by atoms with Gasteiger partial charge in [0.25, 0.3) is 0 Å². The Bertz CT molecular complexity index is 7180. The largest absolute Gasteiger partial charge is 0.491 e. The highest BCUT2D eigenvalue weighted by atomic mass is 35.5. The van der Waals surface area contributed by atoms with Crippen molar-refractivity contribution in [1.29, 1.82) is 0 Å². The van der Waals surface area contributed by atoms with E-state index in [2.05, 4.69) is 72.6 Å². The van der Waals surface area contributed by atoms with E-state index in [1.54, 1.807) is 51.3 Å². The zero-order valence-electron chi connectivity index (χ0n) is 79.2. The van der Waals surface area contributed by atoms with Crippen LogP contribution in [0.15, 0.2) is 113 Å². The molecule has 15 heterocycles. The van der Waals surface area contributed by atoms with Crippen molar-refractivity contribution in [2.45, 2.75) is 170 Å². The first-order valence-corrected chi connectivity index (χ1v) is 46.2. The lowest BCUT2D eigenvalue weighted by Gasteiger charge is -2.41. The number of esters is 2. The van der Waals surface area contributed by atoms with E-state index in [1.807, 2.05) is 72.1 Å². The molecule has 0 radical (unpaired) electrons. The maximum atomic E-state index is 15.2. The van der Waals surface area contributed by atoms with Gasteiger partial charge in [-0.15, -0.1) is 0 Å². The van der Waals surface area contributed by atoms with Crippen LogP contribution in [-0.4, -0.2) is 220 Å². The number of amides is 2. The number of rotatable bonds is 11. The van der Waals surface area contributed by atoms with Crippen LogP contribution in [0.2, 0.25) is 20.2 Å². The lowest BCUT2D eigenvalue weighted by molar-refractivity contribution is -0.152. The summed E-state index contributed by atoms with van der Waals surface area (Å²) in [6.45, 7) is 37.2. The Kier molecular flexibility index (Phi) is 30.8. The Labute approximate surface area is 823 Å². The van der Waals surface area contributed by atoms with Crippen LogP contribution in [0.25, 0.3) is 72.7 Å². The Balaban J connectivity index is 0.000000153. The minimum atomic E-state index is -1.97. The fourth-order valence-electron chi connectivity index (χ4n) is 16.9. The molecule has 0 bridgehead atoms. The number of piperazine rings is 2. The summed E-state index contributed by atoms with van der Waals surface area (Å²) in [7, 11) is -1.97. The van der Waals surface area contributed by atoms with Gasteiger partial charge in [-0.3, -0.25) is 0 Å². The standard InChI is InChI=1S/C31H32ClF2N7O4.C27H25ClF2N6O2.C25H29Cl2N7O4.C6H5BF2O2.C6H6O3/c1-15(2)23-25(16(3)35-14-36-23)41-28-20-26(21(32)24(37-28)18-8-7-9-19(33)22(18)34)44-13-17-12-39(30(43)45-31(4,5)6)10-11-40(17)27(20)38-29(41)42;1-13(2)21-23(14(3)31-12-32-21)36-26-18-24(19(28)22(33-26)16-8-6-9-17(29)20(16)30)38-11-15-7-4-5-10-35(15)25(18)34-27(36)37;1-12(2)17-18(13(3)28-11-29-17)34-22-15-19(16(26)20(27)30-22)37-10-14-9-32(24(36)38-25(4,5)6)7-8-33(14)21(15)31-23(34)35;8-5-3-1-2-4(6(5)9)7(10)11;1-3-5(7)9-6(8)4-2/h7-9,14-15,17H,10-13H2,1-6H3;6,8-9,12-13,15H,4-5,7,10-11H2,1-3H3;11-12,14H,7-10H2,1-6H3;1-3,10-11H;3-4H,1-2H2/t17-;15-;14-;;/m111../s1. The lowest BCUT2D eigenvalue weighted by Crippen LogP contribution is -2.57. The summed E-state index contributed by atoms with van der Waals surface area (Å²) in [6, 6.07) is 9.93. The van der Waals surface area contributed by atoms with Crippen molar-refractivity contribution >= 4 is 134 Å². The average Bonchev–Trinajstić information content (AvgIpc) is 1.59. The monoisotopic (exact) mass is 2020 g/mol. The topological polar surface area (TPSA) is 401 Å².